The van der Waals surface area contributed by atoms with E-state index < -0.39 is 0 Å². The molecular formula is C28H25N3O. The summed E-state index contributed by atoms with van der Waals surface area (Å²) < 4.78 is 0. The first-order valence-electron chi connectivity index (χ1n) is 10.8. The van der Waals surface area contributed by atoms with Crippen molar-refractivity contribution in [3.8, 4) is 0 Å². The molecule has 4 aromatic carbocycles. The standard InChI is InChI=1S/C28H25N3O/c1-30(2)25-16-14-21(15-17-25)27-19-26(24-13-12-20-8-6-7-11-23(20)18-24)29-31(27)28(32)22-9-4-3-5-10-22/h3-18,27H,19H2,1-2H3. The monoisotopic (exact) mass is 419 g/mol. The van der Waals surface area contributed by atoms with Crippen molar-refractivity contribution in [1.82, 2.24) is 5.01 Å². The predicted molar refractivity (Wildman–Crippen MR) is 131 cm³/mol. The lowest BCUT2D eigenvalue weighted by Gasteiger charge is -2.23. The Labute approximate surface area is 188 Å². The van der Waals surface area contributed by atoms with Gasteiger partial charge in [-0.15, -0.1) is 0 Å². The van der Waals surface area contributed by atoms with Crippen molar-refractivity contribution in [2.75, 3.05) is 19.0 Å². The molecule has 5 rings (SSSR count). The van der Waals surface area contributed by atoms with Gasteiger partial charge in [0.25, 0.3) is 5.91 Å². The minimum absolute atomic E-state index is 0.0805. The molecule has 0 fully saturated rings. The highest BCUT2D eigenvalue weighted by molar-refractivity contribution is 6.06. The van der Waals surface area contributed by atoms with Gasteiger partial charge < -0.3 is 4.90 Å². The second-order valence-electron chi connectivity index (χ2n) is 8.33. The van der Waals surface area contributed by atoms with E-state index in [2.05, 4.69) is 59.5 Å². The third-order valence-electron chi connectivity index (χ3n) is 6.02. The van der Waals surface area contributed by atoms with Crippen LogP contribution < -0.4 is 4.90 Å². The third kappa shape index (κ3) is 3.76. The Morgan fingerprint density at radius 2 is 1.53 bits per heavy atom. The van der Waals surface area contributed by atoms with Gasteiger partial charge in [0, 0.05) is 31.8 Å². The van der Waals surface area contributed by atoms with Crippen LogP contribution in [0.2, 0.25) is 0 Å². The summed E-state index contributed by atoms with van der Waals surface area (Å²) in [6.07, 6.45) is 0.679. The SMILES string of the molecule is CN(C)c1ccc(C2CC(c3ccc4ccccc4c3)=NN2C(=O)c2ccccc2)cc1. The molecule has 1 heterocycles. The molecule has 0 saturated heterocycles. The van der Waals surface area contributed by atoms with Gasteiger partial charge in [-0.1, -0.05) is 66.7 Å². The Morgan fingerprint density at radius 3 is 2.25 bits per heavy atom. The molecule has 1 amide bonds. The number of carbonyl (C=O) groups is 1. The average Bonchev–Trinajstić information content (AvgIpc) is 3.29. The van der Waals surface area contributed by atoms with E-state index in [-0.39, 0.29) is 11.9 Å². The molecule has 158 valence electrons. The van der Waals surface area contributed by atoms with E-state index >= 15 is 0 Å². The number of anilines is 1. The predicted octanol–water partition coefficient (Wildman–Crippen LogP) is 5.90. The fourth-order valence-corrected chi connectivity index (χ4v) is 4.21. The zero-order chi connectivity index (χ0) is 22.1. The van der Waals surface area contributed by atoms with E-state index in [1.54, 1.807) is 5.01 Å². The molecular weight excluding hydrogens is 394 g/mol. The lowest BCUT2D eigenvalue weighted by molar-refractivity contribution is 0.0711. The van der Waals surface area contributed by atoms with Crippen molar-refractivity contribution in [2.45, 2.75) is 12.5 Å². The Kier molecular flexibility index (Phi) is 5.20. The molecule has 32 heavy (non-hydrogen) atoms. The Balaban J connectivity index is 1.54. The van der Waals surface area contributed by atoms with Crippen LogP contribution in [0, 0.1) is 0 Å². The van der Waals surface area contributed by atoms with Crippen molar-refractivity contribution >= 4 is 28.1 Å². The molecule has 0 saturated carbocycles. The molecule has 0 spiro atoms. The first-order valence-corrected chi connectivity index (χ1v) is 10.8. The quantitative estimate of drug-likeness (QED) is 0.413. The normalized spacial score (nSPS) is 15.6. The Hall–Kier alpha value is -3.92. The molecule has 1 atom stereocenters. The Bertz CT molecular complexity index is 1290. The van der Waals surface area contributed by atoms with Gasteiger partial charge >= 0.3 is 0 Å². The number of benzene rings is 4. The largest absolute Gasteiger partial charge is 0.378 e. The summed E-state index contributed by atoms with van der Waals surface area (Å²) in [5, 5.41) is 8.87. The fourth-order valence-electron chi connectivity index (χ4n) is 4.21. The van der Waals surface area contributed by atoms with Crippen LogP contribution in [0.4, 0.5) is 5.69 Å². The number of carbonyl (C=O) groups excluding carboxylic acids is 1. The number of hydrogen-bond acceptors (Lipinski definition) is 3. The number of hydrazone groups is 1. The summed E-state index contributed by atoms with van der Waals surface area (Å²) in [4.78, 5) is 15.5. The summed E-state index contributed by atoms with van der Waals surface area (Å²) in [6, 6.07) is 32.3. The van der Waals surface area contributed by atoms with Crippen LogP contribution in [0.3, 0.4) is 0 Å². The van der Waals surface area contributed by atoms with Crippen LogP contribution in [-0.2, 0) is 0 Å². The summed E-state index contributed by atoms with van der Waals surface area (Å²) in [7, 11) is 4.05. The molecule has 0 aromatic heterocycles. The number of hydrogen-bond donors (Lipinski definition) is 0. The summed E-state index contributed by atoms with van der Waals surface area (Å²) in [6.45, 7) is 0. The maximum Gasteiger partial charge on any atom is 0.274 e. The van der Waals surface area contributed by atoms with Crippen molar-refractivity contribution in [3.63, 3.8) is 0 Å². The highest BCUT2D eigenvalue weighted by atomic mass is 16.2. The van der Waals surface area contributed by atoms with E-state index in [1.165, 1.54) is 10.8 Å². The van der Waals surface area contributed by atoms with Crippen molar-refractivity contribution in [1.29, 1.82) is 0 Å². The van der Waals surface area contributed by atoms with E-state index in [0.717, 1.165) is 22.5 Å². The minimum atomic E-state index is -0.139. The second kappa shape index (κ2) is 8.31. The van der Waals surface area contributed by atoms with Crippen LogP contribution in [0.1, 0.15) is 33.9 Å². The van der Waals surface area contributed by atoms with Crippen LogP contribution in [-0.4, -0.2) is 30.7 Å². The van der Waals surface area contributed by atoms with Gasteiger partial charge in [0.1, 0.15) is 0 Å². The molecule has 4 aromatic rings. The zero-order valence-electron chi connectivity index (χ0n) is 18.3. The van der Waals surface area contributed by atoms with Gasteiger partial charge in [-0.25, -0.2) is 5.01 Å². The summed E-state index contributed by atoms with van der Waals surface area (Å²) in [5.41, 5.74) is 4.84. The van der Waals surface area contributed by atoms with Gasteiger partial charge in [-0.2, -0.15) is 5.10 Å². The molecule has 1 aliphatic heterocycles. The van der Waals surface area contributed by atoms with Crippen LogP contribution in [0.15, 0.2) is 102 Å². The van der Waals surface area contributed by atoms with Gasteiger partial charge in [-0.05, 0) is 52.2 Å². The van der Waals surface area contributed by atoms with E-state index in [4.69, 9.17) is 5.10 Å². The zero-order valence-corrected chi connectivity index (χ0v) is 18.3. The summed E-state index contributed by atoms with van der Waals surface area (Å²) >= 11 is 0. The summed E-state index contributed by atoms with van der Waals surface area (Å²) in [5.74, 6) is -0.0805. The molecule has 0 N–H and O–H groups in total. The lowest BCUT2D eigenvalue weighted by Crippen LogP contribution is -2.27. The third-order valence-corrected chi connectivity index (χ3v) is 6.02. The molecule has 0 aliphatic carbocycles. The second-order valence-corrected chi connectivity index (χ2v) is 8.33. The maximum absolute atomic E-state index is 13.4. The lowest BCUT2D eigenvalue weighted by atomic mass is 9.96. The van der Waals surface area contributed by atoms with Crippen LogP contribution in [0.25, 0.3) is 10.8 Å². The average molecular weight is 420 g/mol. The van der Waals surface area contributed by atoms with Crippen LogP contribution in [0.5, 0.6) is 0 Å². The van der Waals surface area contributed by atoms with E-state index in [9.17, 15) is 4.79 Å². The highest BCUT2D eigenvalue weighted by Gasteiger charge is 2.33. The van der Waals surface area contributed by atoms with Crippen molar-refractivity contribution in [2.24, 2.45) is 5.10 Å². The number of amides is 1. The number of fused-ring (bicyclic) bond motifs is 1. The number of nitrogens with zero attached hydrogens (tertiary/aromatic N) is 3. The Morgan fingerprint density at radius 1 is 0.844 bits per heavy atom. The van der Waals surface area contributed by atoms with E-state index in [1.807, 2.05) is 56.6 Å². The first kappa shape index (κ1) is 20.0. The molecule has 4 heteroatoms. The minimum Gasteiger partial charge on any atom is -0.378 e. The molecule has 0 bridgehead atoms. The molecule has 1 aliphatic rings. The molecule has 4 nitrogen and oxygen atoms in total. The molecule has 0 radical (unpaired) electrons. The topological polar surface area (TPSA) is 35.9 Å². The van der Waals surface area contributed by atoms with Crippen LogP contribution >= 0.6 is 0 Å². The van der Waals surface area contributed by atoms with Crippen molar-refractivity contribution in [3.05, 3.63) is 114 Å². The van der Waals surface area contributed by atoms with Crippen molar-refractivity contribution < 1.29 is 4.79 Å². The maximum atomic E-state index is 13.4. The van der Waals surface area contributed by atoms with Gasteiger partial charge in [0.2, 0.25) is 0 Å². The van der Waals surface area contributed by atoms with Gasteiger partial charge in [-0.3, -0.25) is 4.79 Å². The highest BCUT2D eigenvalue weighted by Crippen LogP contribution is 2.35. The van der Waals surface area contributed by atoms with Gasteiger partial charge in [0.05, 0.1) is 11.8 Å². The smallest absolute Gasteiger partial charge is 0.274 e. The van der Waals surface area contributed by atoms with E-state index in [0.29, 0.717) is 12.0 Å². The molecule has 1 unspecified atom stereocenters. The number of rotatable bonds is 4. The first-order chi connectivity index (χ1) is 15.6. The van der Waals surface area contributed by atoms with Gasteiger partial charge in [0.15, 0.2) is 0 Å². The fraction of sp³-hybridized carbons (Fsp3) is 0.143.